The summed E-state index contributed by atoms with van der Waals surface area (Å²) in [4.78, 5) is 26.2. The lowest BCUT2D eigenvalue weighted by Gasteiger charge is -2.43. The first kappa shape index (κ1) is 32.9. The topological polar surface area (TPSA) is 52.6 Å². The molecule has 4 nitrogen and oxygen atoms in total. The number of carbonyl (C=O) groups is 2. The van der Waals surface area contributed by atoms with Crippen LogP contribution in [0, 0.1) is 0 Å². The van der Waals surface area contributed by atoms with Crippen LogP contribution in [0.2, 0.25) is 10.1 Å². The second-order valence-electron chi connectivity index (χ2n) is 13.3. The van der Waals surface area contributed by atoms with E-state index in [9.17, 15) is 9.59 Å². The normalized spacial score (nSPS) is 12.6. The molecule has 0 fully saturated rings. The van der Waals surface area contributed by atoms with E-state index in [0.717, 1.165) is 0 Å². The van der Waals surface area contributed by atoms with E-state index in [1.165, 1.54) is 32.9 Å². The number of esters is 2. The fraction of sp³-hybridized carbons (Fsp3) is 0.263. The van der Waals surface area contributed by atoms with Gasteiger partial charge in [0.15, 0.2) is 16.1 Å². The van der Waals surface area contributed by atoms with Crippen LogP contribution < -0.4 is 20.7 Å². The fourth-order valence-corrected chi connectivity index (χ4v) is 15.7. The third kappa shape index (κ3) is 6.87. The molecule has 0 aliphatic carbocycles. The van der Waals surface area contributed by atoms with E-state index in [1.54, 1.807) is 0 Å². The molecule has 0 amide bonds. The summed E-state index contributed by atoms with van der Waals surface area (Å²) in [5, 5.41) is 4.46. The molecular formula is C38H44O4Si2. The number of carbonyl (C=O) groups excluding carboxylic acids is 2. The summed E-state index contributed by atoms with van der Waals surface area (Å²) < 4.78 is 11.9. The van der Waals surface area contributed by atoms with Crippen molar-refractivity contribution in [3.05, 3.63) is 133 Å². The molecule has 4 rings (SSSR count). The van der Waals surface area contributed by atoms with Crippen LogP contribution in [0.25, 0.3) is 0 Å². The summed E-state index contributed by atoms with van der Waals surface area (Å²) in [6, 6.07) is 41.4. The Morgan fingerprint density at radius 2 is 0.705 bits per heavy atom. The molecule has 0 aliphatic rings. The van der Waals surface area contributed by atoms with Crippen LogP contribution in [0.4, 0.5) is 0 Å². The van der Waals surface area contributed by atoms with E-state index in [4.69, 9.17) is 9.47 Å². The fourth-order valence-electron chi connectivity index (χ4n) is 6.31. The Hall–Kier alpha value is -4.01. The summed E-state index contributed by atoms with van der Waals surface area (Å²) in [6.07, 6.45) is 2.91. The predicted octanol–water partition coefficient (Wildman–Crippen LogP) is 5.83. The van der Waals surface area contributed by atoms with Gasteiger partial charge in [0, 0.05) is 12.2 Å². The van der Waals surface area contributed by atoms with Gasteiger partial charge in [0.1, 0.15) is 0 Å². The zero-order valence-electron chi connectivity index (χ0n) is 26.7. The van der Waals surface area contributed by atoms with E-state index < -0.39 is 28.1 Å². The average Bonchev–Trinajstić information content (AvgIpc) is 3.01. The Bertz CT molecular complexity index is 1340. The number of benzene rings is 4. The Morgan fingerprint density at radius 1 is 0.477 bits per heavy atom. The van der Waals surface area contributed by atoms with Crippen molar-refractivity contribution in [1.82, 2.24) is 0 Å². The van der Waals surface area contributed by atoms with Crippen LogP contribution in [0.3, 0.4) is 0 Å². The molecule has 0 bridgehead atoms. The second kappa shape index (κ2) is 13.7. The minimum Gasteiger partial charge on any atom is -0.465 e. The van der Waals surface area contributed by atoms with E-state index in [0.29, 0.717) is 0 Å². The molecule has 4 aromatic rings. The Kier molecular flexibility index (Phi) is 10.3. The Labute approximate surface area is 264 Å². The molecule has 0 saturated heterocycles. The van der Waals surface area contributed by atoms with E-state index in [2.05, 4.69) is 90.1 Å². The summed E-state index contributed by atoms with van der Waals surface area (Å²) in [5.41, 5.74) is 0. The SMILES string of the molecule is CC(C)(C)[Si](COC(=O)/C=C/C(=O)OC[Si](c1ccccc1)(c1ccccc1)C(C)(C)C)(c1ccccc1)c1ccccc1. The number of rotatable bonds is 10. The van der Waals surface area contributed by atoms with Crippen LogP contribution >= 0.6 is 0 Å². The molecule has 4 aromatic carbocycles. The van der Waals surface area contributed by atoms with Gasteiger partial charge < -0.3 is 9.47 Å². The van der Waals surface area contributed by atoms with Gasteiger partial charge in [-0.1, -0.05) is 163 Å². The van der Waals surface area contributed by atoms with Gasteiger partial charge in [-0.25, -0.2) is 9.59 Å². The van der Waals surface area contributed by atoms with Crippen molar-refractivity contribution in [2.24, 2.45) is 0 Å². The smallest absolute Gasteiger partial charge is 0.330 e. The van der Waals surface area contributed by atoms with Crippen molar-refractivity contribution in [2.75, 3.05) is 12.5 Å². The standard InChI is InChI=1S/C38H44O4Si2/c1-37(2,3)43(31-19-11-7-12-20-31,32-21-13-8-14-22-32)29-41-35(39)27-28-36(40)42-30-44(38(4,5)6,33-23-15-9-16-24-33)34-25-17-10-18-26-34/h7-28H,29-30H2,1-6H3/b28-27+. The molecule has 0 spiro atoms. The lowest BCUT2D eigenvalue weighted by molar-refractivity contribution is -0.138. The number of ether oxygens (including phenoxy) is 2. The summed E-state index contributed by atoms with van der Waals surface area (Å²) in [5.74, 6) is -1.11. The molecule has 44 heavy (non-hydrogen) atoms. The van der Waals surface area contributed by atoms with Crippen molar-refractivity contribution in [3.8, 4) is 0 Å². The Balaban J connectivity index is 1.55. The van der Waals surface area contributed by atoms with Gasteiger partial charge in [-0.2, -0.15) is 0 Å². The predicted molar refractivity (Wildman–Crippen MR) is 186 cm³/mol. The summed E-state index contributed by atoms with van der Waals surface area (Å²) in [7, 11) is -5.18. The van der Waals surface area contributed by atoms with Crippen molar-refractivity contribution in [1.29, 1.82) is 0 Å². The number of hydrogen-bond acceptors (Lipinski definition) is 4. The maximum atomic E-state index is 13.1. The monoisotopic (exact) mass is 620 g/mol. The molecule has 228 valence electrons. The van der Waals surface area contributed by atoms with Gasteiger partial charge in [-0.05, 0) is 30.8 Å². The number of hydrogen-bond donors (Lipinski definition) is 0. The van der Waals surface area contributed by atoms with Gasteiger partial charge in [0.25, 0.3) is 0 Å². The lowest BCUT2D eigenvalue weighted by Crippen LogP contribution is -2.67. The van der Waals surface area contributed by atoms with Crippen molar-refractivity contribution < 1.29 is 19.1 Å². The van der Waals surface area contributed by atoms with Crippen molar-refractivity contribution >= 4 is 48.8 Å². The van der Waals surface area contributed by atoms with E-state index in [-0.39, 0.29) is 22.5 Å². The zero-order chi connectivity index (χ0) is 31.8. The van der Waals surface area contributed by atoms with Gasteiger partial charge in [0.05, 0.1) is 12.5 Å². The minimum atomic E-state index is -2.59. The maximum Gasteiger partial charge on any atom is 0.330 e. The molecule has 0 unspecified atom stereocenters. The largest absolute Gasteiger partial charge is 0.465 e. The average molecular weight is 621 g/mol. The second-order valence-corrected chi connectivity index (χ2v) is 22.8. The van der Waals surface area contributed by atoms with Gasteiger partial charge in [-0.3, -0.25) is 0 Å². The summed E-state index contributed by atoms with van der Waals surface area (Å²) in [6.45, 7) is 13.3. The van der Waals surface area contributed by atoms with Gasteiger partial charge >= 0.3 is 11.9 Å². The van der Waals surface area contributed by atoms with Crippen molar-refractivity contribution in [3.63, 3.8) is 0 Å². The highest BCUT2D eigenvalue weighted by Gasteiger charge is 2.50. The summed E-state index contributed by atoms with van der Waals surface area (Å²) >= 11 is 0. The van der Waals surface area contributed by atoms with Crippen LogP contribution in [0.5, 0.6) is 0 Å². The van der Waals surface area contributed by atoms with E-state index >= 15 is 0 Å². The van der Waals surface area contributed by atoms with Crippen LogP contribution in [-0.2, 0) is 19.1 Å². The lowest BCUT2D eigenvalue weighted by atomic mass is 10.2. The Morgan fingerprint density at radius 3 is 0.909 bits per heavy atom. The van der Waals surface area contributed by atoms with Crippen molar-refractivity contribution in [2.45, 2.75) is 51.6 Å². The van der Waals surface area contributed by atoms with Gasteiger partial charge in [0.2, 0.25) is 0 Å². The third-order valence-corrected chi connectivity index (χ3v) is 20.4. The molecule has 6 heteroatoms. The minimum absolute atomic E-state index is 0.158. The quantitative estimate of drug-likeness (QED) is 0.127. The first-order chi connectivity index (χ1) is 20.9. The molecular weight excluding hydrogens is 577 g/mol. The molecule has 0 atom stereocenters. The highest BCUT2D eigenvalue weighted by Crippen LogP contribution is 2.37. The molecule has 0 radical (unpaired) electrons. The highest BCUT2D eigenvalue weighted by molar-refractivity contribution is 7.05. The van der Waals surface area contributed by atoms with E-state index in [1.807, 2.05) is 72.8 Å². The van der Waals surface area contributed by atoms with Crippen LogP contribution in [0.15, 0.2) is 133 Å². The molecule has 0 aromatic heterocycles. The molecule has 0 saturated carbocycles. The third-order valence-electron chi connectivity index (χ3n) is 8.84. The maximum absolute atomic E-state index is 13.1. The van der Waals surface area contributed by atoms with Gasteiger partial charge in [-0.15, -0.1) is 0 Å². The first-order valence-corrected chi connectivity index (χ1v) is 19.6. The zero-order valence-corrected chi connectivity index (χ0v) is 28.7. The highest BCUT2D eigenvalue weighted by atomic mass is 28.3. The van der Waals surface area contributed by atoms with Crippen LogP contribution in [-0.4, -0.2) is 40.5 Å². The van der Waals surface area contributed by atoms with Crippen LogP contribution in [0.1, 0.15) is 41.5 Å². The molecule has 0 N–H and O–H groups in total. The molecule has 0 heterocycles. The first-order valence-electron chi connectivity index (χ1n) is 15.2. The molecule has 0 aliphatic heterocycles.